The van der Waals surface area contributed by atoms with Crippen LogP contribution in [0.5, 0.6) is 0 Å². The number of nitrogens with zero attached hydrogens (tertiary/aromatic N) is 2. The molecule has 4 rings (SSSR count). The molecule has 0 N–H and O–H groups in total. The highest BCUT2D eigenvalue weighted by atomic mass is 35.5. The van der Waals surface area contributed by atoms with Crippen LogP contribution in [-0.4, -0.2) is 61.1 Å². The van der Waals surface area contributed by atoms with Crippen molar-refractivity contribution in [3.8, 4) is 0 Å². The van der Waals surface area contributed by atoms with Crippen molar-refractivity contribution in [2.45, 2.75) is 13.0 Å². The number of carbonyl (C=O) groups is 1. The Bertz CT molecular complexity index is 754. The number of carbonyl (C=O) groups excluding carboxylic acids is 1. The molecule has 0 radical (unpaired) electrons. The van der Waals surface area contributed by atoms with E-state index in [1.165, 1.54) is 0 Å². The minimum absolute atomic E-state index is 0.0371. The highest BCUT2D eigenvalue weighted by Gasteiger charge is 2.37. The molecular weight excluding hydrogens is 328 g/mol. The van der Waals surface area contributed by atoms with Crippen LogP contribution >= 0.6 is 11.6 Å². The average Bonchev–Trinajstić information content (AvgIpc) is 3.18. The standard InChI is InChI=1S/C18H21ClN2O3/c1-12-10-21(11-15(12)20-4-6-23-7-5-20)18(22)17-9-13-8-14(19)2-3-16(13)24-17/h2-3,8-9,12,15H,4-7,10-11H2,1H3/t12-,15+/m0/s1. The molecule has 1 aromatic heterocycles. The molecule has 0 aliphatic carbocycles. The molecule has 2 fully saturated rings. The summed E-state index contributed by atoms with van der Waals surface area (Å²) < 4.78 is 11.2. The summed E-state index contributed by atoms with van der Waals surface area (Å²) in [4.78, 5) is 17.2. The topological polar surface area (TPSA) is 45.9 Å². The Hall–Kier alpha value is -1.56. The van der Waals surface area contributed by atoms with E-state index in [0.29, 0.717) is 28.3 Å². The van der Waals surface area contributed by atoms with E-state index in [0.717, 1.165) is 44.8 Å². The summed E-state index contributed by atoms with van der Waals surface area (Å²) in [6.45, 7) is 7.17. The van der Waals surface area contributed by atoms with E-state index >= 15 is 0 Å². The van der Waals surface area contributed by atoms with Gasteiger partial charge in [-0.05, 0) is 30.2 Å². The van der Waals surface area contributed by atoms with Crippen LogP contribution in [0.1, 0.15) is 17.5 Å². The lowest BCUT2D eigenvalue weighted by Gasteiger charge is -2.33. The van der Waals surface area contributed by atoms with Gasteiger partial charge in [-0.25, -0.2) is 0 Å². The fourth-order valence-electron chi connectivity index (χ4n) is 3.78. The van der Waals surface area contributed by atoms with Crippen molar-refractivity contribution in [3.05, 3.63) is 35.0 Å². The highest BCUT2D eigenvalue weighted by Crippen LogP contribution is 2.27. The van der Waals surface area contributed by atoms with Gasteiger partial charge in [0, 0.05) is 42.6 Å². The summed E-state index contributed by atoms with van der Waals surface area (Å²) in [5, 5.41) is 1.51. The number of furan rings is 1. The summed E-state index contributed by atoms with van der Waals surface area (Å²) in [7, 11) is 0. The van der Waals surface area contributed by atoms with Crippen LogP contribution in [0.2, 0.25) is 5.02 Å². The molecule has 3 heterocycles. The molecule has 1 amide bonds. The van der Waals surface area contributed by atoms with Crippen molar-refractivity contribution in [2.24, 2.45) is 5.92 Å². The summed E-state index contributed by atoms with van der Waals surface area (Å²) >= 11 is 6.01. The van der Waals surface area contributed by atoms with E-state index in [4.69, 9.17) is 20.8 Å². The van der Waals surface area contributed by atoms with Gasteiger partial charge in [-0.15, -0.1) is 0 Å². The second-order valence-corrected chi connectivity index (χ2v) is 7.13. The predicted molar refractivity (Wildman–Crippen MR) is 92.5 cm³/mol. The molecule has 2 aliphatic rings. The smallest absolute Gasteiger partial charge is 0.289 e. The van der Waals surface area contributed by atoms with E-state index in [9.17, 15) is 4.79 Å². The Morgan fingerprint density at radius 3 is 2.79 bits per heavy atom. The molecule has 6 heteroatoms. The van der Waals surface area contributed by atoms with Crippen molar-refractivity contribution >= 4 is 28.5 Å². The molecule has 2 aromatic rings. The van der Waals surface area contributed by atoms with Crippen LogP contribution < -0.4 is 0 Å². The normalized spacial score (nSPS) is 25.5. The van der Waals surface area contributed by atoms with E-state index in [1.54, 1.807) is 18.2 Å². The van der Waals surface area contributed by atoms with Crippen molar-refractivity contribution in [1.82, 2.24) is 9.80 Å². The minimum atomic E-state index is -0.0371. The zero-order valence-electron chi connectivity index (χ0n) is 13.7. The zero-order chi connectivity index (χ0) is 16.7. The quantitative estimate of drug-likeness (QED) is 0.837. The summed E-state index contributed by atoms with van der Waals surface area (Å²) in [6, 6.07) is 7.58. The number of benzene rings is 1. The number of morpholine rings is 1. The van der Waals surface area contributed by atoms with Crippen LogP contribution in [0.3, 0.4) is 0 Å². The molecule has 128 valence electrons. The van der Waals surface area contributed by atoms with Crippen LogP contribution in [0, 0.1) is 5.92 Å². The monoisotopic (exact) mass is 348 g/mol. The van der Waals surface area contributed by atoms with Gasteiger partial charge in [0.15, 0.2) is 5.76 Å². The first-order valence-electron chi connectivity index (χ1n) is 8.42. The van der Waals surface area contributed by atoms with Crippen LogP contribution in [0.25, 0.3) is 11.0 Å². The number of rotatable bonds is 2. The lowest BCUT2D eigenvalue weighted by atomic mass is 10.0. The molecule has 0 saturated carbocycles. The fourth-order valence-corrected chi connectivity index (χ4v) is 3.96. The third-order valence-electron chi connectivity index (χ3n) is 5.06. The van der Waals surface area contributed by atoms with Crippen molar-refractivity contribution < 1.29 is 13.9 Å². The lowest BCUT2D eigenvalue weighted by Crippen LogP contribution is -2.47. The Balaban J connectivity index is 1.51. The Morgan fingerprint density at radius 1 is 1.21 bits per heavy atom. The number of hydrogen-bond acceptors (Lipinski definition) is 4. The molecule has 1 aromatic carbocycles. The van der Waals surface area contributed by atoms with E-state index in [2.05, 4.69) is 11.8 Å². The highest BCUT2D eigenvalue weighted by molar-refractivity contribution is 6.31. The molecule has 2 atom stereocenters. The van der Waals surface area contributed by atoms with Gasteiger partial charge in [-0.3, -0.25) is 9.69 Å². The van der Waals surface area contributed by atoms with Crippen LogP contribution in [-0.2, 0) is 4.74 Å². The van der Waals surface area contributed by atoms with Gasteiger partial charge in [0.1, 0.15) is 5.58 Å². The van der Waals surface area contributed by atoms with E-state index in [1.807, 2.05) is 11.0 Å². The van der Waals surface area contributed by atoms with Crippen LogP contribution in [0.15, 0.2) is 28.7 Å². The van der Waals surface area contributed by atoms with Gasteiger partial charge in [0.25, 0.3) is 5.91 Å². The number of ether oxygens (including phenoxy) is 1. The number of hydrogen-bond donors (Lipinski definition) is 0. The van der Waals surface area contributed by atoms with Gasteiger partial charge in [-0.1, -0.05) is 18.5 Å². The van der Waals surface area contributed by atoms with Gasteiger partial charge >= 0.3 is 0 Å². The maximum atomic E-state index is 12.8. The minimum Gasteiger partial charge on any atom is -0.451 e. The SMILES string of the molecule is C[C@H]1CN(C(=O)c2cc3cc(Cl)ccc3o2)C[C@H]1N1CCOCC1. The van der Waals surface area contributed by atoms with E-state index in [-0.39, 0.29) is 5.91 Å². The molecule has 2 saturated heterocycles. The molecular formula is C18H21ClN2O3. The van der Waals surface area contributed by atoms with Gasteiger partial charge in [0.05, 0.1) is 13.2 Å². The molecule has 24 heavy (non-hydrogen) atoms. The van der Waals surface area contributed by atoms with Crippen molar-refractivity contribution in [3.63, 3.8) is 0 Å². The third-order valence-corrected chi connectivity index (χ3v) is 5.30. The second kappa shape index (κ2) is 6.39. The summed E-state index contributed by atoms with van der Waals surface area (Å²) in [5.41, 5.74) is 0.694. The first-order chi connectivity index (χ1) is 11.6. The first kappa shape index (κ1) is 15.9. The largest absolute Gasteiger partial charge is 0.451 e. The average molecular weight is 349 g/mol. The van der Waals surface area contributed by atoms with Gasteiger partial charge < -0.3 is 14.1 Å². The molecule has 0 spiro atoms. The maximum absolute atomic E-state index is 12.8. The van der Waals surface area contributed by atoms with E-state index < -0.39 is 0 Å². The zero-order valence-corrected chi connectivity index (χ0v) is 14.5. The predicted octanol–water partition coefficient (Wildman–Crippen LogP) is 2.88. The van der Waals surface area contributed by atoms with Crippen LogP contribution in [0.4, 0.5) is 0 Å². The summed E-state index contributed by atoms with van der Waals surface area (Å²) in [6.07, 6.45) is 0. The Labute approximate surface area is 146 Å². The van der Waals surface area contributed by atoms with Crippen molar-refractivity contribution in [1.29, 1.82) is 0 Å². The van der Waals surface area contributed by atoms with Gasteiger partial charge in [0.2, 0.25) is 0 Å². The molecule has 0 bridgehead atoms. The molecule has 2 aliphatic heterocycles. The molecule has 5 nitrogen and oxygen atoms in total. The summed E-state index contributed by atoms with van der Waals surface area (Å²) in [5.74, 6) is 0.804. The van der Waals surface area contributed by atoms with Gasteiger partial charge in [-0.2, -0.15) is 0 Å². The number of fused-ring (bicyclic) bond motifs is 1. The number of halogens is 1. The second-order valence-electron chi connectivity index (χ2n) is 6.70. The van der Waals surface area contributed by atoms with Crippen molar-refractivity contribution in [2.75, 3.05) is 39.4 Å². The third kappa shape index (κ3) is 2.92. The first-order valence-corrected chi connectivity index (χ1v) is 8.80. The fraction of sp³-hybridized carbons (Fsp3) is 0.500. The number of amides is 1. The maximum Gasteiger partial charge on any atom is 0.289 e. The lowest BCUT2D eigenvalue weighted by molar-refractivity contribution is 0.0119. The molecule has 0 unspecified atom stereocenters. The Morgan fingerprint density at radius 2 is 2.00 bits per heavy atom. The number of likely N-dealkylation sites (tertiary alicyclic amines) is 1. The Kier molecular flexibility index (Phi) is 4.24.